The van der Waals surface area contributed by atoms with Crippen LogP contribution in [0.2, 0.25) is 0 Å². The smallest absolute Gasteiger partial charge is 0.302 e. The molecule has 1 aromatic heterocycles. The van der Waals surface area contributed by atoms with Crippen molar-refractivity contribution in [2.75, 3.05) is 6.61 Å². The van der Waals surface area contributed by atoms with E-state index in [0.717, 1.165) is 12.0 Å². The standard InChI is InChI=1S/C11H13NO3/c1-7(13)15-6-9-3-11(9)8-2-10(14)5-12-4-8/h2,4-5,9,11,14H,3,6H2,1H3/t9-,11+/m0/s1. The number of hydrogen-bond acceptors (Lipinski definition) is 4. The number of aromatic hydroxyl groups is 1. The van der Waals surface area contributed by atoms with Crippen LogP contribution in [0.1, 0.15) is 24.8 Å². The molecule has 1 N–H and O–H groups in total. The molecule has 1 aliphatic rings. The lowest BCUT2D eigenvalue weighted by atomic mass is 10.1. The number of nitrogens with zero attached hydrogens (tertiary/aromatic N) is 1. The van der Waals surface area contributed by atoms with E-state index < -0.39 is 0 Å². The lowest BCUT2D eigenvalue weighted by Gasteiger charge is -2.01. The Bertz CT molecular complexity index is 378. The van der Waals surface area contributed by atoms with Crippen molar-refractivity contribution >= 4 is 5.97 Å². The molecule has 2 rings (SSSR count). The highest BCUT2D eigenvalue weighted by Gasteiger charge is 2.39. The Hall–Kier alpha value is -1.58. The van der Waals surface area contributed by atoms with Crippen LogP contribution in [0.25, 0.3) is 0 Å². The first-order valence-corrected chi connectivity index (χ1v) is 4.94. The fourth-order valence-corrected chi connectivity index (χ4v) is 1.71. The monoisotopic (exact) mass is 207 g/mol. The Kier molecular flexibility index (Phi) is 2.58. The molecule has 1 aromatic rings. The summed E-state index contributed by atoms with van der Waals surface area (Å²) in [4.78, 5) is 14.5. The van der Waals surface area contributed by atoms with Crippen molar-refractivity contribution in [1.82, 2.24) is 4.98 Å². The van der Waals surface area contributed by atoms with Gasteiger partial charge < -0.3 is 9.84 Å². The van der Waals surface area contributed by atoms with Gasteiger partial charge in [-0.05, 0) is 24.0 Å². The van der Waals surface area contributed by atoms with Gasteiger partial charge in [-0.2, -0.15) is 0 Å². The largest absolute Gasteiger partial charge is 0.506 e. The Labute approximate surface area is 87.9 Å². The molecule has 4 heteroatoms. The maximum absolute atomic E-state index is 10.6. The molecule has 0 aromatic carbocycles. The molecule has 0 saturated heterocycles. The minimum absolute atomic E-state index is 0.186. The van der Waals surface area contributed by atoms with Gasteiger partial charge in [-0.25, -0.2) is 0 Å². The number of carbonyl (C=O) groups excluding carboxylic acids is 1. The molecule has 1 fully saturated rings. The van der Waals surface area contributed by atoms with Gasteiger partial charge in [-0.3, -0.25) is 9.78 Å². The Morgan fingerprint density at radius 1 is 1.67 bits per heavy atom. The van der Waals surface area contributed by atoms with E-state index in [-0.39, 0.29) is 11.7 Å². The van der Waals surface area contributed by atoms with Crippen molar-refractivity contribution in [3.05, 3.63) is 24.0 Å². The van der Waals surface area contributed by atoms with Gasteiger partial charge in [-0.15, -0.1) is 0 Å². The molecule has 80 valence electrons. The van der Waals surface area contributed by atoms with Crippen LogP contribution in [0.5, 0.6) is 5.75 Å². The molecule has 1 saturated carbocycles. The number of pyridine rings is 1. The highest BCUT2D eigenvalue weighted by atomic mass is 16.5. The fourth-order valence-electron chi connectivity index (χ4n) is 1.71. The van der Waals surface area contributed by atoms with Gasteiger partial charge in [0.25, 0.3) is 0 Å². The van der Waals surface area contributed by atoms with Gasteiger partial charge in [0.2, 0.25) is 0 Å². The fraction of sp³-hybridized carbons (Fsp3) is 0.455. The second-order valence-electron chi connectivity index (χ2n) is 3.88. The van der Waals surface area contributed by atoms with E-state index in [1.54, 1.807) is 12.3 Å². The number of rotatable bonds is 3. The van der Waals surface area contributed by atoms with Gasteiger partial charge in [0, 0.05) is 19.0 Å². The van der Waals surface area contributed by atoms with E-state index in [0.29, 0.717) is 18.4 Å². The average molecular weight is 207 g/mol. The second-order valence-corrected chi connectivity index (χ2v) is 3.88. The number of esters is 1. The first-order valence-electron chi connectivity index (χ1n) is 4.94. The average Bonchev–Trinajstić information content (AvgIpc) is 2.94. The SMILES string of the molecule is CC(=O)OC[C@@H]1C[C@@H]1c1cncc(O)c1. The summed E-state index contributed by atoms with van der Waals surface area (Å²) in [6.45, 7) is 1.88. The van der Waals surface area contributed by atoms with E-state index in [1.807, 2.05) is 0 Å². The number of aromatic nitrogens is 1. The number of ether oxygens (including phenoxy) is 1. The maximum atomic E-state index is 10.6. The Morgan fingerprint density at radius 3 is 3.13 bits per heavy atom. The Morgan fingerprint density at radius 2 is 2.47 bits per heavy atom. The van der Waals surface area contributed by atoms with Crippen molar-refractivity contribution in [1.29, 1.82) is 0 Å². The summed E-state index contributed by atoms with van der Waals surface area (Å²) in [5.74, 6) is 0.710. The second kappa shape index (κ2) is 3.88. The molecule has 0 aliphatic heterocycles. The summed E-state index contributed by atoms with van der Waals surface area (Å²) in [5.41, 5.74) is 1.02. The van der Waals surface area contributed by atoms with Crippen molar-refractivity contribution in [2.24, 2.45) is 5.92 Å². The van der Waals surface area contributed by atoms with Gasteiger partial charge in [0.1, 0.15) is 5.75 Å². The highest BCUT2D eigenvalue weighted by Crippen LogP contribution is 2.47. The van der Waals surface area contributed by atoms with Gasteiger partial charge in [0.15, 0.2) is 0 Å². The van der Waals surface area contributed by atoms with Crippen molar-refractivity contribution in [3.8, 4) is 5.75 Å². The molecule has 2 atom stereocenters. The molecular weight excluding hydrogens is 194 g/mol. The molecule has 1 heterocycles. The van der Waals surface area contributed by atoms with Crippen LogP contribution >= 0.6 is 0 Å². The molecule has 0 unspecified atom stereocenters. The summed E-state index contributed by atoms with van der Waals surface area (Å²) in [6, 6.07) is 1.71. The third-order valence-electron chi connectivity index (χ3n) is 2.60. The van der Waals surface area contributed by atoms with Crippen LogP contribution in [-0.2, 0) is 9.53 Å². The predicted molar refractivity (Wildman–Crippen MR) is 53.4 cm³/mol. The number of hydrogen-bond donors (Lipinski definition) is 1. The molecule has 15 heavy (non-hydrogen) atoms. The van der Waals surface area contributed by atoms with Crippen molar-refractivity contribution in [2.45, 2.75) is 19.3 Å². The third-order valence-corrected chi connectivity index (χ3v) is 2.60. The van der Waals surface area contributed by atoms with Crippen molar-refractivity contribution in [3.63, 3.8) is 0 Å². The van der Waals surface area contributed by atoms with E-state index >= 15 is 0 Å². The lowest BCUT2D eigenvalue weighted by Crippen LogP contribution is -2.02. The number of carbonyl (C=O) groups is 1. The molecular formula is C11H13NO3. The van der Waals surface area contributed by atoms with Gasteiger partial charge in [-0.1, -0.05) is 0 Å². The van der Waals surface area contributed by atoms with Crippen LogP contribution < -0.4 is 0 Å². The molecule has 4 nitrogen and oxygen atoms in total. The summed E-state index contributed by atoms with van der Waals surface area (Å²) < 4.78 is 4.93. The quantitative estimate of drug-likeness (QED) is 0.762. The van der Waals surface area contributed by atoms with E-state index in [1.165, 1.54) is 13.1 Å². The molecule has 0 bridgehead atoms. The third kappa shape index (κ3) is 2.46. The zero-order valence-electron chi connectivity index (χ0n) is 8.51. The van der Waals surface area contributed by atoms with Gasteiger partial charge >= 0.3 is 5.97 Å². The minimum atomic E-state index is -0.241. The normalized spacial score (nSPS) is 23.5. The highest BCUT2D eigenvalue weighted by molar-refractivity contribution is 5.65. The van der Waals surface area contributed by atoms with Gasteiger partial charge in [0.05, 0.1) is 12.8 Å². The summed E-state index contributed by atoms with van der Waals surface area (Å²) in [5, 5.41) is 9.25. The molecule has 0 spiro atoms. The zero-order valence-corrected chi connectivity index (χ0v) is 8.51. The zero-order chi connectivity index (χ0) is 10.8. The predicted octanol–water partition coefficient (Wildman–Crippen LogP) is 1.45. The van der Waals surface area contributed by atoms with Crippen LogP contribution in [0.15, 0.2) is 18.5 Å². The lowest BCUT2D eigenvalue weighted by molar-refractivity contribution is -0.141. The van der Waals surface area contributed by atoms with E-state index in [2.05, 4.69) is 4.98 Å². The minimum Gasteiger partial charge on any atom is -0.506 e. The molecule has 0 radical (unpaired) electrons. The Balaban J connectivity index is 1.90. The summed E-state index contributed by atoms with van der Waals surface area (Å²) >= 11 is 0. The topological polar surface area (TPSA) is 59.4 Å². The van der Waals surface area contributed by atoms with E-state index in [4.69, 9.17) is 4.74 Å². The summed E-state index contributed by atoms with van der Waals surface area (Å²) in [7, 11) is 0. The molecule has 1 aliphatic carbocycles. The van der Waals surface area contributed by atoms with Crippen LogP contribution in [0.3, 0.4) is 0 Å². The first-order chi connectivity index (χ1) is 7.16. The van der Waals surface area contributed by atoms with Crippen LogP contribution in [0.4, 0.5) is 0 Å². The van der Waals surface area contributed by atoms with Crippen LogP contribution in [0, 0.1) is 5.92 Å². The maximum Gasteiger partial charge on any atom is 0.302 e. The van der Waals surface area contributed by atoms with E-state index in [9.17, 15) is 9.90 Å². The first kappa shape index (κ1) is 9.96. The summed E-state index contributed by atoms with van der Waals surface area (Å²) in [6.07, 6.45) is 4.16. The van der Waals surface area contributed by atoms with Crippen molar-refractivity contribution < 1.29 is 14.6 Å². The molecule has 0 amide bonds. The van der Waals surface area contributed by atoms with Crippen LogP contribution in [-0.4, -0.2) is 22.7 Å².